The van der Waals surface area contributed by atoms with Gasteiger partial charge in [-0.3, -0.25) is 9.59 Å². The van der Waals surface area contributed by atoms with Crippen LogP contribution < -0.4 is 5.32 Å². The van der Waals surface area contributed by atoms with E-state index in [1.165, 1.54) is 28.7 Å². The van der Waals surface area contributed by atoms with Crippen LogP contribution in [0.25, 0.3) is 10.2 Å². The molecule has 0 fully saturated rings. The third-order valence-electron chi connectivity index (χ3n) is 4.98. The molecule has 31 heavy (non-hydrogen) atoms. The number of amides is 1. The Morgan fingerprint density at radius 2 is 1.87 bits per heavy atom. The van der Waals surface area contributed by atoms with Crippen LogP contribution in [-0.2, 0) is 10.2 Å². The summed E-state index contributed by atoms with van der Waals surface area (Å²) in [6.45, 7) is 8.47. The first-order valence-corrected chi connectivity index (χ1v) is 12.1. The van der Waals surface area contributed by atoms with Gasteiger partial charge >= 0.3 is 5.97 Å². The van der Waals surface area contributed by atoms with Crippen LogP contribution in [-0.4, -0.2) is 27.2 Å². The molecule has 0 aliphatic carbocycles. The lowest BCUT2D eigenvalue weighted by Crippen LogP contribution is -2.15. The van der Waals surface area contributed by atoms with E-state index < -0.39 is 11.2 Å². The number of carbonyl (C=O) groups excluding carboxylic acids is 1. The van der Waals surface area contributed by atoms with Crippen LogP contribution in [0.15, 0.2) is 46.8 Å². The summed E-state index contributed by atoms with van der Waals surface area (Å²) >= 11 is 2.76. The van der Waals surface area contributed by atoms with Gasteiger partial charge in [0.15, 0.2) is 4.34 Å². The second kappa shape index (κ2) is 9.83. The molecule has 0 saturated carbocycles. The van der Waals surface area contributed by atoms with Crippen LogP contribution in [0, 0.1) is 0 Å². The number of carboxylic acids is 1. The summed E-state index contributed by atoms with van der Waals surface area (Å²) in [4.78, 5) is 28.7. The molecule has 1 unspecified atom stereocenters. The molecule has 0 spiro atoms. The van der Waals surface area contributed by atoms with Crippen LogP contribution in [0.1, 0.15) is 62.9 Å². The largest absolute Gasteiger partial charge is 0.480 e. The average Bonchev–Trinajstić information content (AvgIpc) is 3.12. The van der Waals surface area contributed by atoms with Crippen molar-refractivity contribution in [3.05, 3.63) is 53.6 Å². The lowest BCUT2D eigenvalue weighted by molar-refractivity contribution is -0.136. The first-order valence-electron chi connectivity index (χ1n) is 10.4. The Bertz CT molecular complexity index is 1070. The molecule has 7 heteroatoms. The number of carbonyl (C=O) groups is 2. The first-order chi connectivity index (χ1) is 14.7. The zero-order valence-corrected chi connectivity index (χ0v) is 19.9. The molecule has 1 atom stereocenters. The monoisotopic (exact) mass is 456 g/mol. The van der Waals surface area contributed by atoms with Crippen LogP contribution >= 0.6 is 23.1 Å². The Balaban J connectivity index is 1.72. The Morgan fingerprint density at radius 1 is 1.16 bits per heavy atom. The average molecular weight is 457 g/mol. The number of anilines is 1. The predicted molar refractivity (Wildman–Crippen MR) is 130 cm³/mol. The molecule has 3 rings (SSSR count). The number of aliphatic carboxylic acids is 1. The molecule has 164 valence electrons. The summed E-state index contributed by atoms with van der Waals surface area (Å²) in [6, 6.07) is 13.2. The van der Waals surface area contributed by atoms with Crippen LogP contribution in [0.4, 0.5) is 5.69 Å². The molecule has 0 aliphatic rings. The zero-order chi connectivity index (χ0) is 22.6. The Labute approximate surface area is 191 Å². The minimum absolute atomic E-state index is 0.0398. The number of benzene rings is 2. The lowest BCUT2D eigenvalue weighted by Gasteiger charge is -2.19. The number of thioether (sulfide) groups is 1. The van der Waals surface area contributed by atoms with Crippen molar-refractivity contribution in [3.63, 3.8) is 0 Å². The van der Waals surface area contributed by atoms with Crippen LogP contribution in [0.2, 0.25) is 0 Å². The van der Waals surface area contributed by atoms with Gasteiger partial charge in [-0.1, -0.05) is 64.4 Å². The van der Waals surface area contributed by atoms with Gasteiger partial charge in [0.25, 0.3) is 5.91 Å². The highest BCUT2D eigenvalue weighted by molar-refractivity contribution is 8.02. The number of unbranched alkanes of at least 4 members (excludes halogenated alkanes) is 1. The second-order valence-electron chi connectivity index (χ2n) is 8.53. The highest BCUT2D eigenvalue weighted by Crippen LogP contribution is 2.35. The molecule has 1 heterocycles. The summed E-state index contributed by atoms with van der Waals surface area (Å²) in [7, 11) is 0. The van der Waals surface area contributed by atoms with Crippen LogP contribution in [0.3, 0.4) is 0 Å². The third kappa shape index (κ3) is 6.08. The van der Waals surface area contributed by atoms with Crippen molar-refractivity contribution in [3.8, 4) is 0 Å². The maximum absolute atomic E-state index is 12.6. The number of thiazole rings is 1. The summed E-state index contributed by atoms with van der Waals surface area (Å²) in [5, 5.41) is 11.9. The van der Waals surface area contributed by atoms with Crippen LogP contribution in [0.5, 0.6) is 0 Å². The molecule has 1 amide bonds. The van der Waals surface area contributed by atoms with Gasteiger partial charge < -0.3 is 10.4 Å². The van der Waals surface area contributed by atoms with Gasteiger partial charge in [-0.2, -0.15) is 0 Å². The van der Waals surface area contributed by atoms with E-state index in [2.05, 4.69) is 38.0 Å². The van der Waals surface area contributed by atoms with E-state index >= 15 is 0 Å². The number of hydrogen-bond acceptors (Lipinski definition) is 5. The number of carboxylic acid groups (broad SMARTS) is 1. The topological polar surface area (TPSA) is 79.3 Å². The molecular formula is C24H28N2O3S2. The Morgan fingerprint density at radius 3 is 2.48 bits per heavy atom. The zero-order valence-electron chi connectivity index (χ0n) is 18.3. The van der Waals surface area contributed by atoms with E-state index in [0.29, 0.717) is 17.7 Å². The SMILES string of the molecule is CCCCC(Sc1nc2ccc(NC(=O)c3ccc(C(C)(C)C)cc3)cc2s1)C(=O)O. The number of nitrogens with one attached hydrogen (secondary N) is 1. The molecule has 0 saturated heterocycles. The van der Waals surface area contributed by atoms with E-state index in [0.717, 1.165) is 27.4 Å². The van der Waals surface area contributed by atoms with E-state index in [1.54, 1.807) is 0 Å². The molecule has 1 aromatic heterocycles. The highest BCUT2D eigenvalue weighted by Gasteiger charge is 2.20. The van der Waals surface area contributed by atoms with E-state index in [1.807, 2.05) is 42.5 Å². The molecular weight excluding hydrogens is 428 g/mol. The maximum Gasteiger partial charge on any atom is 0.317 e. The second-order valence-corrected chi connectivity index (χ2v) is 11.0. The van der Waals surface area contributed by atoms with Crippen molar-refractivity contribution in [1.29, 1.82) is 0 Å². The smallest absolute Gasteiger partial charge is 0.317 e. The summed E-state index contributed by atoms with van der Waals surface area (Å²) in [5.74, 6) is -0.965. The molecule has 3 aromatic rings. The fourth-order valence-electron chi connectivity index (χ4n) is 3.10. The third-order valence-corrected chi connectivity index (χ3v) is 7.34. The van der Waals surface area contributed by atoms with Gasteiger partial charge in [-0.25, -0.2) is 4.98 Å². The predicted octanol–water partition coefficient (Wildman–Crippen LogP) is 6.58. The fraction of sp³-hybridized carbons (Fsp3) is 0.375. The summed E-state index contributed by atoms with van der Waals surface area (Å²) in [6.07, 6.45) is 2.47. The number of hydrogen-bond donors (Lipinski definition) is 2. The van der Waals surface area contributed by atoms with E-state index in [4.69, 9.17) is 0 Å². The van der Waals surface area contributed by atoms with Gasteiger partial charge in [0.2, 0.25) is 0 Å². The Kier molecular flexibility index (Phi) is 7.38. The number of rotatable bonds is 8. The minimum atomic E-state index is -0.803. The van der Waals surface area contributed by atoms with Crippen molar-refractivity contribution in [2.75, 3.05) is 5.32 Å². The van der Waals surface area contributed by atoms with Crippen molar-refractivity contribution < 1.29 is 14.7 Å². The standard InChI is InChI=1S/C24H28N2O3S2/c1-5-6-7-19(22(28)29)30-23-26-18-13-12-17(14-20(18)31-23)25-21(27)15-8-10-16(11-9-15)24(2,3)4/h8-14,19H,5-7H2,1-4H3,(H,25,27)(H,28,29). The van der Waals surface area contributed by atoms with Crippen molar-refractivity contribution in [1.82, 2.24) is 4.98 Å². The van der Waals surface area contributed by atoms with Crippen molar-refractivity contribution in [2.45, 2.75) is 62.0 Å². The molecule has 2 aromatic carbocycles. The highest BCUT2D eigenvalue weighted by atomic mass is 32.2. The number of fused-ring (bicyclic) bond motifs is 1. The maximum atomic E-state index is 12.6. The van der Waals surface area contributed by atoms with Crippen molar-refractivity contribution >= 4 is 50.9 Å². The van der Waals surface area contributed by atoms with Gasteiger partial charge in [0, 0.05) is 11.3 Å². The first kappa shape index (κ1) is 23.3. The van der Waals surface area contributed by atoms with Crippen molar-refractivity contribution in [2.24, 2.45) is 0 Å². The molecule has 0 bridgehead atoms. The van der Waals surface area contributed by atoms with Gasteiger partial charge in [-0.05, 0) is 47.7 Å². The lowest BCUT2D eigenvalue weighted by atomic mass is 9.87. The summed E-state index contributed by atoms with van der Waals surface area (Å²) < 4.78 is 1.66. The minimum Gasteiger partial charge on any atom is -0.480 e. The summed E-state index contributed by atoms with van der Waals surface area (Å²) in [5.41, 5.74) is 3.32. The molecule has 0 aliphatic heterocycles. The van der Waals surface area contributed by atoms with E-state index in [-0.39, 0.29) is 11.3 Å². The fourth-order valence-corrected chi connectivity index (χ4v) is 5.43. The molecule has 5 nitrogen and oxygen atoms in total. The van der Waals surface area contributed by atoms with Gasteiger partial charge in [0.1, 0.15) is 5.25 Å². The normalized spacial score (nSPS) is 12.6. The number of nitrogens with zero attached hydrogens (tertiary/aromatic N) is 1. The van der Waals surface area contributed by atoms with Gasteiger partial charge in [-0.15, -0.1) is 11.3 Å². The molecule has 2 N–H and O–H groups in total. The van der Waals surface area contributed by atoms with Gasteiger partial charge in [0.05, 0.1) is 10.2 Å². The Hall–Kier alpha value is -2.38. The van der Waals surface area contributed by atoms with E-state index in [9.17, 15) is 14.7 Å². The number of aromatic nitrogens is 1. The molecule has 0 radical (unpaired) electrons. The quantitative estimate of drug-likeness (QED) is 0.374.